The van der Waals surface area contributed by atoms with E-state index in [9.17, 15) is 9.59 Å². The number of aryl methyl sites for hydroxylation is 1. The second-order valence-corrected chi connectivity index (χ2v) is 5.87. The van der Waals surface area contributed by atoms with Crippen LogP contribution in [0.4, 0.5) is 5.69 Å². The Morgan fingerprint density at radius 2 is 1.87 bits per heavy atom. The van der Waals surface area contributed by atoms with Gasteiger partial charge in [-0.3, -0.25) is 9.20 Å². The lowest BCUT2D eigenvalue weighted by atomic mass is 10.2. The third-order valence-electron chi connectivity index (χ3n) is 3.36. The molecule has 2 aromatic heterocycles. The van der Waals surface area contributed by atoms with Crippen molar-refractivity contribution in [3.05, 3.63) is 64.0 Å². The van der Waals surface area contributed by atoms with Crippen molar-refractivity contribution >= 4 is 39.1 Å². The predicted octanol–water partition coefficient (Wildman–Crippen LogP) is 3.36. The van der Waals surface area contributed by atoms with Crippen LogP contribution in [0.25, 0.3) is 5.65 Å². The number of amides is 1. The lowest BCUT2D eigenvalue weighted by Crippen LogP contribution is -2.15. The van der Waals surface area contributed by atoms with Crippen LogP contribution in [0.1, 0.15) is 26.5 Å². The van der Waals surface area contributed by atoms with Crippen molar-refractivity contribution in [2.24, 2.45) is 0 Å². The van der Waals surface area contributed by atoms with Gasteiger partial charge in [0.15, 0.2) is 0 Å². The molecule has 0 saturated carbocycles. The number of benzene rings is 1. The van der Waals surface area contributed by atoms with Crippen LogP contribution in [-0.4, -0.2) is 26.4 Å². The number of halogens is 1. The SMILES string of the molecule is Cc1nc2ccc(Br)cn2c1C(=O)Nc1ccc(C(=O)O)cc1. The van der Waals surface area contributed by atoms with Crippen LogP contribution in [0, 0.1) is 6.92 Å². The van der Waals surface area contributed by atoms with Gasteiger partial charge < -0.3 is 10.4 Å². The zero-order valence-electron chi connectivity index (χ0n) is 12.1. The molecule has 23 heavy (non-hydrogen) atoms. The lowest BCUT2D eigenvalue weighted by molar-refractivity contribution is 0.0696. The highest BCUT2D eigenvalue weighted by atomic mass is 79.9. The zero-order valence-corrected chi connectivity index (χ0v) is 13.7. The normalized spacial score (nSPS) is 10.7. The minimum absolute atomic E-state index is 0.165. The molecular formula is C16H12BrN3O3. The quantitative estimate of drug-likeness (QED) is 0.737. The molecule has 2 N–H and O–H groups in total. The molecule has 0 aliphatic heterocycles. The summed E-state index contributed by atoms with van der Waals surface area (Å²) in [5.41, 5.74) is 2.41. The maximum Gasteiger partial charge on any atom is 0.335 e. The van der Waals surface area contributed by atoms with E-state index in [0.29, 0.717) is 22.7 Å². The Morgan fingerprint density at radius 1 is 1.17 bits per heavy atom. The Hall–Kier alpha value is -2.67. The fraction of sp³-hybridized carbons (Fsp3) is 0.0625. The summed E-state index contributed by atoms with van der Waals surface area (Å²) in [7, 11) is 0. The molecule has 6 nitrogen and oxygen atoms in total. The van der Waals surface area contributed by atoms with E-state index in [1.54, 1.807) is 29.7 Å². The summed E-state index contributed by atoms with van der Waals surface area (Å²) in [5.74, 6) is -1.32. The van der Waals surface area contributed by atoms with Crippen molar-refractivity contribution in [2.75, 3.05) is 5.32 Å². The topological polar surface area (TPSA) is 83.7 Å². The number of hydrogen-bond donors (Lipinski definition) is 2. The van der Waals surface area contributed by atoms with E-state index in [1.165, 1.54) is 12.1 Å². The monoisotopic (exact) mass is 373 g/mol. The van der Waals surface area contributed by atoms with Gasteiger partial charge in [0.2, 0.25) is 0 Å². The van der Waals surface area contributed by atoms with Crippen molar-refractivity contribution in [3.8, 4) is 0 Å². The van der Waals surface area contributed by atoms with Crippen molar-refractivity contribution in [1.29, 1.82) is 0 Å². The average molecular weight is 374 g/mol. The van der Waals surface area contributed by atoms with E-state index >= 15 is 0 Å². The van der Waals surface area contributed by atoms with Crippen LogP contribution in [0.15, 0.2) is 47.1 Å². The summed E-state index contributed by atoms with van der Waals surface area (Å²) in [6.07, 6.45) is 1.78. The largest absolute Gasteiger partial charge is 0.478 e. The van der Waals surface area contributed by atoms with E-state index < -0.39 is 5.97 Å². The highest BCUT2D eigenvalue weighted by Gasteiger charge is 2.17. The first kappa shape index (κ1) is 15.2. The van der Waals surface area contributed by atoms with Gasteiger partial charge in [-0.05, 0) is 59.3 Å². The van der Waals surface area contributed by atoms with E-state index in [1.807, 2.05) is 12.1 Å². The van der Waals surface area contributed by atoms with Gasteiger partial charge in [0.1, 0.15) is 11.3 Å². The van der Waals surface area contributed by atoms with Gasteiger partial charge in [-0.15, -0.1) is 0 Å². The number of imidazole rings is 1. The van der Waals surface area contributed by atoms with Crippen molar-refractivity contribution in [1.82, 2.24) is 9.38 Å². The van der Waals surface area contributed by atoms with Gasteiger partial charge in [-0.25, -0.2) is 9.78 Å². The summed E-state index contributed by atoms with van der Waals surface area (Å²) in [6, 6.07) is 9.65. The molecular weight excluding hydrogens is 362 g/mol. The Morgan fingerprint density at radius 3 is 2.52 bits per heavy atom. The van der Waals surface area contributed by atoms with Gasteiger partial charge in [0, 0.05) is 16.4 Å². The number of aromatic nitrogens is 2. The van der Waals surface area contributed by atoms with E-state index in [0.717, 1.165) is 4.47 Å². The molecule has 116 valence electrons. The second kappa shape index (κ2) is 5.85. The van der Waals surface area contributed by atoms with Crippen molar-refractivity contribution in [3.63, 3.8) is 0 Å². The third kappa shape index (κ3) is 2.95. The first-order valence-corrected chi connectivity index (χ1v) is 7.54. The number of fused-ring (bicyclic) bond motifs is 1. The molecule has 0 saturated heterocycles. The number of carbonyl (C=O) groups excluding carboxylic acids is 1. The number of rotatable bonds is 3. The highest BCUT2D eigenvalue weighted by Crippen LogP contribution is 2.18. The summed E-state index contributed by atoms with van der Waals surface area (Å²) in [6.45, 7) is 1.77. The summed E-state index contributed by atoms with van der Waals surface area (Å²) in [5, 5.41) is 11.6. The molecule has 7 heteroatoms. The summed E-state index contributed by atoms with van der Waals surface area (Å²) < 4.78 is 2.54. The number of aromatic carboxylic acids is 1. The molecule has 1 aromatic carbocycles. The number of carboxylic acid groups (broad SMARTS) is 1. The van der Waals surface area contributed by atoms with Gasteiger partial charge in [0.05, 0.1) is 11.3 Å². The molecule has 0 aliphatic carbocycles. The fourth-order valence-electron chi connectivity index (χ4n) is 2.30. The number of hydrogen-bond acceptors (Lipinski definition) is 3. The lowest BCUT2D eigenvalue weighted by Gasteiger charge is -2.06. The highest BCUT2D eigenvalue weighted by molar-refractivity contribution is 9.10. The maximum atomic E-state index is 12.5. The van der Waals surface area contributed by atoms with Crippen LogP contribution in [0.2, 0.25) is 0 Å². The molecule has 3 aromatic rings. The number of anilines is 1. The zero-order chi connectivity index (χ0) is 16.6. The maximum absolute atomic E-state index is 12.5. The molecule has 0 spiro atoms. The first-order valence-electron chi connectivity index (χ1n) is 6.74. The van der Waals surface area contributed by atoms with Crippen molar-refractivity contribution < 1.29 is 14.7 Å². The Kier molecular flexibility index (Phi) is 3.87. The molecule has 0 atom stereocenters. The smallest absolute Gasteiger partial charge is 0.335 e. The van der Waals surface area contributed by atoms with Crippen molar-refractivity contribution in [2.45, 2.75) is 6.92 Å². The summed E-state index contributed by atoms with van der Waals surface area (Å²) >= 11 is 3.38. The van der Waals surface area contributed by atoms with E-state index in [4.69, 9.17) is 5.11 Å². The number of carbonyl (C=O) groups is 2. The fourth-order valence-corrected chi connectivity index (χ4v) is 2.63. The molecule has 0 radical (unpaired) electrons. The van der Waals surface area contributed by atoms with Crippen LogP contribution >= 0.6 is 15.9 Å². The number of nitrogens with zero attached hydrogens (tertiary/aromatic N) is 2. The predicted molar refractivity (Wildman–Crippen MR) is 89.0 cm³/mol. The van der Waals surface area contributed by atoms with E-state index in [2.05, 4.69) is 26.2 Å². The van der Waals surface area contributed by atoms with Crippen LogP contribution in [0.3, 0.4) is 0 Å². The number of pyridine rings is 1. The van der Waals surface area contributed by atoms with E-state index in [-0.39, 0.29) is 11.5 Å². The first-order chi connectivity index (χ1) is 11.0. The molecule has 3 rings (SSSR count). The minimum atomic E-state index is -1.01. The molecule has 0 bridgehead atoms. The Balaban J connectivity index is 1.93. The number of carboxylic acids is 1. The standard InChI is InChI=1S/C16H12BrN3O3/c1-9-14(20-8-11(17)4-7-13(20)18-9)15(21)19-12-5-2-10(3-6-12)16(22)23/h2-8H,1H3,(H,19,21)(H,22,23). The van der Waals surface area contributed by atoms with Crippen LogP contribution in [0.5, 0.6) is 0 Å². The van der Waals surface area contributed by atoms with Crippen LogP contribution in [-0.2, 0) is 0 Å². The molecule has 0 fully saturated rings. The molecule has 0 unspecified atom stereocenters. The average Bonchev–Trinajstić information content (AvgIpc) is 2.83. The molecule has 2 heterocycles. The second-order valence-electron chi connectivity index (χ2n) is 4.96. The number of nitrogens with one attached hydrogen (secondary N) is 1. The van der Waals surface area contributed by atoms with Gasteiger partial charge in [-0.1, -0.05) is 0 Å². The Bertz CT molecular complexity index is 916. The molecule has 1 amide bonds. The minimum Gasteiger partial charge on any atom is -0.478 e. The third-order valence-corrected chi connectivity index (χ3v) is 3.83. The van der Waals surface area contributed by atoms with Gasteiger partial charge >= 0.3 is 5.97 Å². The van der Waals surface area contributed by atoms with Gasteiger partial charge in [0.25, 0.3) is 5.91 Å². The van der Waals surface area contributed by atoms with Crippen LogP contribution < -0.4 is 5.32 Å². The Labute approximate surface area is 139 Å². The van der Waals surface area contributed by atoms with Gasteiger partial charge in [-0.2, -0.15) is 0 Å². The summed E-state index contributed by atoms with van der Waals surface area (Å²) in [4.78, 5) is 27.7. The molecule has 0 aliphatic rings.